The predicted molar refractivity (Wildman–Crippen MR) is 485 cm³/mol. The van der Waals surface area contributed by atoms with Crippen molar-refractivity contribution < 1.29 is 80.7 Å². The number of aryl methyl sites for hydroxylation is 1. The number of nitrogens with zero attached hydrogens (tertiary/aromatic N) is 4. The van der Waals surface area contributed by atoms with Crippen LogP contribution in [0.1, 0.15) is 267 Å². The van der Waals surface area contributed by atoms with Gasteiger partial charge in [-0.05, 0) is 315 Å². The van der Waals surface area contributed by atoms with Gasteiger partial charge >= 0.3 is 30.5 Å². The third-order valence-corrected chi connectivity index (χ3v) is 23.5. The van der Waals surface area contributed by atoms with E-state index < -0.39 is 64.6 Å². The summed E-state index contributed by atoms with van der Waals surface area (Å²) >= 11 is 0. The molecule has 22 nitrogen and oxygen atoms in total. The van der Waals surface area contributed by atoms with Crippen molar-refractivity contribution in [2.75, 3.05) is 52.4 Å². The molecule has 4 atom stereocenters. The van der Waals surface area contributed by atoms with Crippen LogP contribution in [0.3, 0.4) is 0 Å². The fourth-order valence-electron chi connectivity index (χ4n) is 18.4. The lowest BCUT2D eigenvalue weighted by atomic mass is 9.87. The van der Waals surface area contributed by atoms with Crippen LogP contribution in [0.4, 0.5) is 32.3 Å². The van der Waals surface area contributed by atoms with Gasteiger partial charge in [0.1, 0.15) is 42.0 Å². The van der Waals surface area contributed by atoms with Crippen molar-refractivity contribution in [3.63, 3.8) is 0 Å². The molecule has 0 radical (unpaired) electrons. The van der Waals surface area contributed by atoms with Crippen molar-refractivity contribution in [3.05, 3.63) is 198 Å². The van der Waals surface area contributed by atoms with Crippen LogP contribution in [0.15, 0.2) is 125 Å². The molecule has 8 amide bonds. The summed E-state index contributed by atoms with van der Waals surface area (Å²) in [5.41, 5.74) is 21.3. The molecule has 0 spiro atoms. The van der Waals surface area contributed by atoms with Crippen molar-refractivity contribution in [3.8, 4) is 0 Å². The lowest BCUT2D eigenvalue weighted by molar-refractivity contribution is -0.138. The Hall–Kier alpha value is -10.3. The first-order valence-corrected chi connectivity index (χ1v) is 44.9. The highest BCUT2D eigenvalue weighted by Gasteiger charge is 2.43. The molecule has 0 aromatic heterocycles. The van der Waals surface area contributed by atoms with Crippen molar-refractivity contribution in [2.45, 2.75) is 287 Å². The molecule has 0 saturated carbocycles. The third kappa shape index (κ3) is 26.2. The van der Waals surface area contributed by atoms with Gasteiger partial charge in [0.15, 0.2) is 0 Å². The molecule has 126 heavy (non-hydrogen) atoms. The van der Waals surface area contributed by atoms with E-state index in [9.17, 15) is 61.7 Å². The van der Waals surface area contributed by atoms with Gasteiger partial charge in [0.05, 0.1) is 42.9 Å². The first-order valence-electron chi connectivity index (χ1n) is 44.9. The van der Waals surface area contributed by atoms with Crippen LogP contribution in [0.5, 0.6) is 0 Å². The number of ether oxygens (including phenoxy) is 4. The molecule has 5 aromatic rings. The SMILES string of the molecule is CC(C)(C)OC(=O)NCCCCC(=O)N1CCC2=C(Cc3ccccc32)C1c1ccc(C(F)(F)F)cc1.CC(C)CC1C2=C(CCN1C(=O)CNC(=O)OC(C)(C)C)c1cc(CO)ccc1C2.CC(C)CC1C2=C(CCN1C(=O)CNC(=O)OC(C)(C)C)c1ccc(CO)cc1C2.Cc1ccc2c(c1)CC1=C2CCN(C(=O)CNC(=O)OC(C)(C)C)C1CC(C)C. The molecule has 6 N–H and O–H groups in total. The van der Waals surface area contributed by atoms with Crippen LogP contribution >= 0.6 is 0 Å². The minimum Gasteiger partial charge on any atom is -0.444 e. The van der Waals surface area contributed by atoms with Crippen LogP contribution in [0.2, 0.25) is 0 Å². The van der Waals surface area contributed by atoms with Gasteiger partial charge < -0.3 is 70.0 Å². The Balaban J connectivity index is 0.000000176. The first-order chi connectivity index (χ1) is 59.2. The molecule has 5 aromatic carbocycles. The lowest BCUT2D eigenvalue weighted by Gasteiger charge is -2.38. The van der Waals surface area contributed by atoms with Gasteiger partial charge in [-0.3, -0.25) is 19.2 Å². The maximum atomic E-state index is 13.4. The van der Waals surface area contributed by atoms with E-state index in [0.717, 1.165) is 93.0 Å². The maximum Gasteiger partial charge on any atom is 0.416 e. The molecule has 4 unspecified atom stereocenters. The molecule has 684 valence electrons. The van der Waals surface area contributed by atoms with Crippen LogP contribution in [0, 0.1) is 24.7 Å². The molecule has 0 saturated heterocycles. The minimum absolute atomic E-state index is 0.0296. The number of benzene rings is 5. The number of nitrogens with one attached hydrogen (secondary N) is 4. The summed E-state index contributed by atoms with van der Waals surface area (Å²) in [4.78, 5) is 108. The van der Waals surface area contributed by atoms with E-state index >= 15 is 0 Å². The summed E-state index contributed by atoms with van der Waals surface area (Å²) in [6, 6.07) is 32.1. The van der Waals surface area contributed by atoms with Gasteiger partial charge in [-0.2, -0.15) is 13.2 Å². The maximum absolute atomic E-state index is 13.4. The Morgan fingerprint density at radius 2 is 0.770 bits per heavy atom. The number of hydrogen-bond donors (Lipinski definition) is 6. The van der Waals surface area contributed by atoms with E-state index in [2.05, 4.69) is 124 Å². The lowest BCUT2D eigenvalue weighted by Crippen LogP contribution is -2.49. The molecule has 13 rings (SSSR count). The summed E-state index contributed by atoms with van der Waals surface area (Å²) in [7, 11) is 0. The zero-order valence-electron chi connectivity index (χ0n) is 77.5. The summed E-state index contributed by atoms with van der Waals surface area (Å²) < 4.78 is 60.5. The summed E-state index contributed by atoms with van der Waals surface area (Å²) in [6.07, 6.45) is 4.07. The van der Waals surface area contributed by atoms with Crippen molar-refractivity contribution in [2.24, 2.45) is 17.8 Å². The van der Waals surface area contributed by atoms with E-state index in [4.69, 9.17) is 18.9 Å². The first kappa shape index (κ1) is 97.9. The average Bonchev–Trinajstić information content (AvgIpc) is 1.60. The number of aliphatic hydroxyl groups is 2. The van der Waals surface area contributed by atoms with Gasteiger partial charge in [0.2, 0.25) is 23.6 Å². The number of amides is 8. The van der Waals surface area contributed by atoms with Crippen molar-refractivity contribution >= 4 is 70.3 Å². The Bertz CT molecular complexity index is 4930. The highest BCUT2D eigenvalue weighted by molar-refractivity contribution is 5.90. The smallest absolute Gasteiger partial charge is 0.416 e. The normalized spacial score (nSPS) is 18.1. The highest BCUT2D eigenvalue weighted by atomic mass is 19.4. The molecule has 4 aliphatic carbocycles. The number of hydrogen-bond acceptors (Lipinski definition) is 14. The van der Waals surface area contributed by atoms with Crippen molar-refractivity contribution in [1.82, 2.24) is 40.9 Å². The summed E-state index contributed by atoms with van der Waals surface area (Å²) in [6.45, 7) is 39.6. The van der Waals surface area contributed by atoms with Crippen LogP contribution in [0.25, 0.3) is 22.3 Å². The zero-order valence-corrected chi connectivity index (χ0v) is 77.5. The fourth-order valence-corrected chi connectivity index (χ4v) is 18.4. The van der Waals surface area contributed by atoms with Gasteiger partial charge in [-0.15, -0.1) is 0 Å². The monoisotopic (exact) mass is 1740 g/mol. The Morgan fingerprint density at radius 1 is 0.405 bits per heavy atom. The second-order valence-corrected chi connectivity index (χ2v) is 39.6. The van der Waals surface area contributed by atoms with Gasteiger partial charge in [0, 0.05) is 39.1 Å². The van der Waals surface area contributed by atoms with Gasteiger partial charge in [-0.1, -0.05) is 132 Å². The Kier molecular flexibility index (Phi) is 32.4. The number of aliphatic hydroxyl groups excluding tert-OH is 2. The fraction of sp³-hybridized carbons (Fsp3) is 0.545. The third-order valence-electron chi connectivity index (χ3n) is 23.5. The summed E-state index contributed by atoms with van der Waals surface area (Å²) in [5, 5.41) is 29.5. The van der Waals surface area contributed by atoms with E-state index in [1.807, 2.05) is 64.6 Å². The van der Waals surface area contributed by atoms with Crippen molar-refractivity contribution in [1.29, 1.82) is 0 Å². The minimum atomic E-state index is -4.41. The number of fused-ring (bicyclic) bond motifs is 8. The second kappa shape index (κ2) is 41.7. The molecular formula is C101H135F3N8O14. The van der Waals surface area contributed by atoms with Gasteiger partial charge in [0.25, 0.3) is 0 Å². The molecule has 4 aliphatic heterocycles. The van der Waals surface area contributed by atoms with Crippen LogP contribution < -0.4 is 21.3 Å². The van der Waals surface area contributed by atoms with E-state index in [1.54, 1.807) is 62.3 Å². The largest absolute Gasteiger partial charge is 0.444 e. The van der Waals surface area contributed by atoms with Crippen LogP contribution in [-0.4, -0.2) is 171 Å². The van der Waals surface area contributed by atoms with Gasteiger partial charge in [-0.25, -0.2) is 19.2 Å². The second-order valence-electron chi connectivity index (χ2n) is 39.6. The average molecular weight is 1740 g/mol. The van der Waals surface area contributed by atoms with E-state index in [1.165, 1.54) is 101 Å². The number of carbonyl (C=O) groups excluding carboxylic acids is 8. The Morgan fingerprint density at radius 3 is 1.21 bits per heavy atom. The number of carbonyl (C=O) groups is 8. The number of halogens is 3. The van der Waals surface area contributed by atoms with E-state index in [0.29, 0.717) is 81.7 Å². The zero-order chi connectivity index (χ0) is 92.2. The standard InChI is InChI=1S/C29H33F3N2O3.2C24H34N2O4.C24H34N2O3/c1-28(2,3)37-27(36)33-16-7-6-10-25(35)34-17-15-23-22-9-5-4-8-20(22)18-24(23)26(34)19-11-13-21(14-12-19)29(30,31)32;1-15(2)10-21-20-12-17-11-16(14-27)6-7-18(17)19(20)8-9-26(21)22(28)13-25-23(29)30-24(3,4)5;1-15(2)10-21-20-12-17-7-6-16(14-27)11-19(17)18(20)8-9-26(21)22(28)13-25-23(29)30-24(3,4)5;1-15(2)11-21-20-13-17-12-16(3)7-8-18(17)19(20)9-10-26(21)22(27)14-25-23(28)29-24(4,5)6/h4-5,8-9,11-14,26H,6-7,10,15-18H2,1-3H3,(H,33,36);2*6-7,11,15,21,27H,8-10,12-14H2,1-5H3,(H,25,29);7-8,12,15,21H,9-11,13-14H2,1-6H3,(H,25,28). The molecular weight excluding hydrogens is 1610 g/mol. The number of rotatable bonds is 20. The molecule has 0 fully saturated rings. The molecule has 25 heteroatoms. The molecule has 0 bridgehead atoms. The number of unbranched alkanes of at least 4 members (excludes halogenated alkanes) is 1. The van der Waals surface area contributed by atoms with E-state index in [-0.39, 0.29) is 74.6 Å². The molecule has 8 aliphatic rings. The number of alkyl carbamates (subject to hydrolysis) is 4. The highest BCUT2D eigenvalue weighted by Crippen LogP contribution is 2.50. The summed E-state index contributed by atoms with van der Waals surface area (Å²) in [5.74, 6) is 1.12. The Labute approximate surface area is 743 Å². The topological polar surface area (TPSA) is 275 Å². The van der Waals surface area contributed by atoms with Crippen LogP contribution in [-0.2, 0) is 83.2 Å². The predicted octanol–water partition coefficient (Wildman–Crippen LogP) is 18.5. The quantitative estimate of drug-likeness (QED) is 0.0312. The molecule has 4 heterocycles. The number of alkyl halides is 3.